The van der Waals surface area contributed by atoms with Crippen molar-refractivity contribution in [3.63, 3.8) is 0 Å². The first-order valence-electron chi connectivity index (χ1n) is 10.6. The second-order valence-electron chi connectivity index (χ2n) is 8.84. The third-order valence-corrected chi connectivity index (χ3v) is 5.50. The van der Waals surface area contributed by atoms with E-state index < -0.39 is 17.7 Å². The maximum atomic E-state index is 13.0. The number of pyridine rings is 1. The van der Waals surface area contributed by atoms with Crippen LogP contribution in [0.2, 0.25) is 0 Å². The fourth-order valence-electron chi connectivity index (χ4n) is 4.14. The smallest absolute Gasteiger partial charge is 0.419 e. The van der Waals surface area contributed by atoms with Crippen molar-refractivity contribution in [2.24, 2.45) is 0 Å². The molecule has 2 aromatic carbocycles. The normalized spacial score (nSPS) is 11.9. The number of para-hydroxylation sites is 2. The number of hydrogen-bond acceptors (Lipinski definition) is 5. The van der Waals surface area contributed by atoms with Crippen molar-refractivity contribution < 1.29 is 19.1 Å². The zero-order valence-electron chi connectivity index (χ0n) is 18.8. The quantitative estimate of drug-likeness (QED) is 0.344. The van der Waals surface area contributed by atoms with E-state index in [0.29, 0.717) is 27.9 Å². The number of esters is 1. The molecule has 0 saturated heterocycles. The topological polar surface area (TPSA) is 86.2 Å². The van der Waals surface area contributed by atoms with E-state index in [9.17, 15) is 9.59 Å². The zero-order valence-corrected chi connectivity index (χ0v) is 18.8. The van der Waals surface area contributed by atoms with Crippen LogP contribution in [0.15, 0.2) is 60.9 Å². The standard InChI is InChI=1S/C26H23N3O4/c1-26(2,3)33-25(31)29-14-18(16-10-6-8-12-20(16)29)22-21(24(30)32-4)23-17(13-27-22)15-9-5-7-11-19(15)28-23/h5-14,28H,1-4H3. The molecule has 3 heterocycles. The average molecular weight is 441 g/mol. The molecule has 7 nitrogen and oxygen atoms in total. The van der Waals surface area contributed by atoms with Crippen LogP contribution in [-0.2, 0) is 9.47 Å². The summed E-state index contributed by atoms with van der Waals surface area (Å²) in [6.07, 6.45) is 2.91. The highest BCUT2D eigenvalue weighted by atomic mass is 16.6. The minimum atomic E-state index is -0.651. The number of methoxy groups -OCH3 is 1. The van der Waals surface area contributed by atoms with Crippen LogP contribution in [0.1, 0.15) is 31.1 Å². The minimum Gasteiger partial charge on any atom is -0.465 e. The van der Waals surface area contributed by atoms with Crippen molar-refractivity contribution >= 4 is 44.8 Å². The van der Waals surface area contributed by atoms with Gasteiger partial charge < -0.3 is 14.5 Å². The summed E-state index contributed by atoms with van der Waals surface area (Å²) in [6.45, 7) is 5.45. The van der Waals surface area contributed by atoms with Crippen LogP contribution in [0.4, 0.5) is 4.79 Å². The molecule has 0 amide bonds. The van der Waals surface area contributed by atoms with Crippen molar-refractivity contribution in [1.82, 2.24) is 14.5 Å². The van der Waals surface area contributed by atoms with Gasteiger partial charge in [-0.05, 0) is 32.9 Å². The van der Waals surface area contributed by atoms with Gasteiger partial charge in [0.1, 0.15) is 11.2 Å². The largest absolute Gasteiger partial charge is 0.465 e. The second-order valence-corrected chi connectivity index (χ2v) is 8.84. The molecule has 0 bridgehead atoms. The van der Waals surface area contributed by atoms with Gasteiger partial charge in [0.25, 0.3) is 0 Å². The molecular weight excluding hydrogens is 418 g/mol. The van der Waals surface area contributed by atoms with E-state index in [2.05, 4.69) is 9.97 Å². The lowest BCUT2D eigenvalue weighted by atomic mass is 10.0. The summed E-state index contributed by atoms with van der Waals surface area (Å²) in [4.78, 5) is 33.9. The van der Waals surface area contributed by atoms with Gasteiger partial charge in [-0.1, -0.05) is 36.4 Å². The van der Waals surface area contributed by atoms with Crippen LogP contribution in [0.3, 0.4) is 0 Å². The summed E-state index contributed by atoms with van der Waals surface area (Å²) in [7, 11) is 1.34. The van der Waals surface area contributed by atoms with Gasteiger partial charge in [-0.3, -0.25) is 9.55 Å². The third-order valence-electron chi connectivity index (χ3n) is 5.50. The summed E-state index contributed by atoms with van der Waals surface area (Å²) in [5.41, 5.74) is 2.93. The van der Waals surface area contributed by atoms with E-state index in [-0.39, 0.29) is 0 Å². The number of carbonyl (C=O) groups is 2. The van der Waals surface area contributed by atoms with E-state index in [0.717, 1.165) is 21.7 Å². The Morgan fingerprint density at radius 1 is 0.970 bits per heavy atom. The first-order valence-corrected chi connectivity index (χ1v) is 10.6. The molecule has 0 unspecified atom stereocenters. The number of ether oxygens (including phenoxy) is 2. The monoisotopic (exact) mass is 441 g/mol. The molecule has 0 saturated carbocycles. The highest BCUT2D eigenvalue weighted by Crippen LogP contribution is 2.37. The lowest BCUT2D eigenvalue weighted by Crippen LogP contribution is -2.26. The van der Waals surface area contributed by atoms with Gasteiger partial charge in [-0.25, -0.2) is 9.59 Å². The number of nitrogens with zero attached hydrogens (tertiary/aromatic N) is 2. The lowest BCUT2D eigenvalue weighted by Gasteiger charge is -2.19. The van der Waals surface area contributed by atoms with Crippen molar-refractivity contribution in [2.75, 3.05) is 7.11 Å². The first-order chi connectivity index (χ1) is 15.8. The van der Waals surface area contributed by atoms with E-state index in [1.54, 1.807) is 12.4 Å². The summed E-state index contributed by atoms with van der Waals surface area (Å²) < 4.78 is 12.2. The summed E-state index contributed by atoms with van der Waals surface area (Å²) in [6, 6.07) is 15.3. The summed E-state index contributed by atoms with van der Waals surface area (Å²) in [5, 5.41) is 2.56. The van der Waals surface area contributed by atoms with Crippen LogP contribution < -0.4 is 0 Å². The van der Waals surface area contributed by atoms with Crippen LogP contribution in [0, 0.1) is 0 Å². The van der Waals surface area contributed by atoms with Crippen LogP contribution in [0.5, 0.6) is 0 Å². The Labute approximate surface area is 189 Å². The molecule has 7 heteroatoms. The number of rotatable bonds is 2. The highest BCUT2D eigenvalue weighted by molar-refractivity contribution is 6.17. The number of carbonyl (C=O) groups excluding carboxylic acids is 2. The molecule has 0 spiro atoms. The van der Waals surface area contributed by atoms with Crippen molar-refractivity contribution in [3.05, 3.63) is 66.5 Å². The van der Waals surface area contributed by atoms with Crippen LogP contribution in [-0.4, -0.2) is 39.3 Å². The van der Waals surface area contributed by atoms with Gasteiger partial charge in [0, 0.05) is 39.6 Å². The van der Waals surface area contributed by atoms with Gasteiger partial charge in [-0.15, -0.1) is 0 Å². The SMILES string of the molecule is COC(=O)c1c(-c2cn(C(=O)OC(C)(C)C)c3ccccc23)ncc2c1[nH]c1ccccc12. The molecule has 3 aromatic heterocycles. The van der Waals surface area contributed by atoms with Crippen LogP contribution >= 0.6 is 0 Å². The number of aromatic nitrogens is 3. The predicted molar refractivity (Wildman–Crippen MR) is 128 cm³/mol. The van der Waals surface area contributed by atoms with E-state index in [1.807, 2.05) is 69.3 Å². The Kier molecular flexibility index (Phi) is 4.70. The molecule has 0 fully saturated rings. The lowest BCUT2D eigenvalue weighted by molar-refractivity contribution is 0.0543. The Bertz CT molecular complexity index is 1550. The molecule has 5 aromatic rings. The number of hydrogen-bond donors (Lipinski definition) is 1. The summed E-state index contributed by atoms with van der Waals surface area (Å²) >= 11 is 0. The van der Waals surface area contributed by atoms with E-state index in [1.165, 1.54) is 11.7 Å². The molecule has 0 aliphatic heterocycles. The van der Waals surface area contributed by atoms with Crippen LogP contribution in [0.25, 0.3) is 44.0 Å². The Hall–Kier alpha value is -4.13. The Morgan fingerprint density at radius 3 is 2.39 bits per heavy atom. The van der Waals surface area contributed by atoms with E-state index >= 15 is 0 Å². The Balaban J connectivity index is 1.81. The molecular formula is C26H23N3O4. The Morgan fingerprint density at radius 2 is 1.67 bits per heavy atom. The molecule has 166 valence electrons. The highest BCUT2D eigenvalue weighted by Gasteiger charge is 2.26. The molecule has 0 atom stereocenters. The number of benzene rings is 2. The maximum absolute atomic E-state index is 13.0. The maximum Gasteiger partial charge on any atom is 0.419 e. The minimum absolute atomic E-state index is 0.318. The second kappa shape index (κ2) is 7.48. The molecule has 1 N–H and O–H groups in total. The molecule has 0 aliphatic rings. The number of H-pyrrole nitrogens is 1. The molecule has 0 radical (unpaired) electrons. The average Bonchev–Trinajstić information content (AvgIpc) is 3.35. The van der Waals surface area contributed by atoms with Crippen molar-refractivity contribution in [2.45, 2.75) is 26.4 Å². The van der Waals surface area contributed by atoms with Gasteiger partial charge in [-0.2, -0.15) is 0 Å². The molecule has 5 rings (SSSR count). The first kappa shape index (κ1) is 20.8. The third kappa shape index (κ3) is 3.42. The number of fused-ring (bicyclic) bond motifs is 4. The van der Waals surface area contributed by atoms with Gasteiger partial charge >= 0.3 is 12.1 Å². The van der Waals surface area contributed by atoms with Crippen molar-refractivity contribution in [1.29, 1.82) is 0 Å². The van der Waals surface area contributed by atoms with E-state index in [4.69, 9.17) is 9.47 Å². The zero-order chi connectivity index (χ0) is 23.3. The van der Waals surface area contributed by atoms with Gasteiger partial charge in [0.15, 0.2) is 0 Å². The summed E-state index contributed by atoms with van der Waals surface area (Å²) in [5.74, 6) is -0.510. The number of nitrogens with one attached hydrogen (secondary N) is 1. The fourth-order valence-corrected chi connectivity index (χ4v) is 4.14. The molecule has 0 aliphatic carbocycles. The van der Waals surface area contributed by atoms with Crippen molar-refractivity contribution in [3.8, 4) is 11.3 Å². The van der Waals surface area contributed by atoms with Gasteiger partial charge in [0.2, 0.25) is 0 Å². The number of aromatic amines is 1. The molecule has 33 heavy (non-hydrogen) atoms. The fraction of sp³-hybridized carbons (Fsp3) is 0.192. The predicted octanol–water partition coefficient (Wildman–Crippen LogP) is 5.91. The van der Waals surface area contributed by atoms with Gasteiger partial charge in [0.05, 0.1) is 23.8 Å².